The highest BCUT2D eigenvalue weighted by Gasteiger charge is 2.09. The van der Waals surface area contributed by atoms with Crippen LogP contribution in [0.1, 0.15) is 12.5 Å². The fourth-order valence-corrected chi connectivity index (χ4v) is 1.61. The Labute approximate surface area is 96.4 Å². The van der Waals surface area contributed by atoms with Crippen LogP contribution in [0, 0.1) is 6.92 Å². The van der Waals surface area contributed by atoms with Crippen molar-refractivity contribution < 1.29 is 4.79 Å². The molecule has 3 N–H and O–H groups in total. The highest BCUT2D eigenvalue weighted by atomic mass is 16.1. The minimum absolute atomic E-state index is 0.00178. The summed E-state index contributed by atoms with van der Waals surface area (Å²) in [5.41, 5.74) is 8.61. The number of hydrogen-bond acceptors (Lipinski definition) is 3. The van der Waals surface area contributed by atoms with E-state index in [0.717, 1.165) is 23.5 Å². The Morgan fingerprint density at radius 3 is 2.62 bits per heavy atom. The van der Waals surface area contributed by atoms with Gasteiger partial charge in [0.15, 0.2) is 0 Å². The summed E-state index contributed by atoms with van der Waals surface area (Å²) >= 11 is 0. The average Bonchev–Trinajstić information content (AvgIpc) is 2.24. The normalized spacial score (nSPS) is 9.94. The first kappa shape index (κ1) is 12.4. The minimum Gasteiger partial charge on any atom is -0.399 e. The summed E-state index contributed by atoms with van der Waals surface area (Å²) in [5, 5.41) is 2.62. The van der Waals surface area contributed by atoms with Crippen LogP contribution in [0.4, 0.5) is 11.4 Å². The number of carbonyl (C=O) groups is 1. The van der Waals surface area contributed by atoms with Crippen molar-refractivity contribution >= 4 is 17.3 Å². The second-order valence-electron chi connectivity index (χ2n) is 3.79. The Hall–Kier alpha value is -1.71. The van der Waals surface area contributed by atoms with Crippen molar-refractivity contribution in [1.82, 2.24) is 5.32 Å². The van der Waals surface area contributed by atoms with E-state index in [1.165, 1.54) is 0 Å². The maximum atomic E-state index is 11.3. The van der Waals surface area contributed by atoms with Gasteiger partial charge in [0, 0.05) is 25.0 Å². The molecule has 0 saturated heterocycles. The molecule has 1 amide bonds. The molecular formula is C12H19N3O. The molecule has 0 aromatic heterocycles. The van der Waals surface area contributed by atoms with Gasteiger partial charge in [-0.25, -0.2) is 0 Å². The first-order chi connectivity index (χ1) is 7.56. The number of aryl methyl sites for hydroxylation is 1. The summed E-state index contributed by atoms with van der Waals surface area (Å²) in [7, 11) is 1.64. The predicted octanol–water partition coefficient (Wildman–Crippen LogP) is 1.15. The average molecular weight is 221 g/mol. The van der Waals surface area contributed by atoms with Gasteiger partial charge in [0.2, 0.25) is 5.91 Å². The molecule has 0 unspecified atom stereocenters. The zero-order chi connectivity index (χ0) is 12.1. The largest absolute Gasteiger partial charge is 0.399 e. The van der Waals surface area contributed by atoms with E-state index in [2.05, 4.69) is 5.32 Å². The lowest BCUT2D eigenvalue weighted by molar-refractivity contribution is -0.119. The molecule has 1 aromatic rings. The molecule has 0 fully saturated rings. The molecule has 1 rings (SSSR count). The van der Waals surface area contributed by atoms with Crippen LogP contribution in [0.3, 0.4) is 0 Å². The van der Waals surface area contributed by atoms with Gasteiger partial charge in [-0.1, -0.05) is 0 Å². The van der Waals surface area contributed by atoms with E-state index in [1.54, 1.807) is 7.05 Å². The van der Waals surface area contributed by atoms with E-state index in [0.29, 0.717) is 6.54 Å². The van der Waals surface area contributed by atoms with Crippen LogP contribution >= 0.6 is 0 Å². The molecule has 1 aromatic carbocycles. The van der Waals surface area contributed by atoms with Gasteiger partial charge < -0.3 is 16.0 Å². The monoisotopic (exact) mass is 221 g/mol. The summed E-state index contributed by atoms with van der Waals surface area (Å²) in [6.07, 6.45) is 0. The van der Waals surface area contributed by atoms with Crippen LogP contribution in [-0.2, 0) is 4.79 Å². The predicted molar refractivity (Wildman–Crippen MR) is 67.5 cm³/mol. The first-order valence-electron chi connectivity index (χ1n) is 5.39. The molecule has 4 heteroatoms. The molecule has 88 valence electrons. The van der Waals surface area contributed by atoms with E-state index in [9.17, 15) is 4.79 Å². The maximum absolute atomic E-state index is 11.3. The van der Waals surface area contributed by atoms with Crippen LogP contribution in [0.25, 0.3) is 0 Å². The molecular weight excluding hydrogens is 202 g/mol. The maximum Gasteiger partial charge on any atom is 0.239 e. The van der Waals surface area contributed by atoms with Crippen molar-refractivity contribution in [3.8, 4) is 0 Å². The molecule has 16 heavy (non-hydrogen) atoms. The topological polar surface area (TPSA) is 58.4 Å². The van der Waals surface area contributed by atoms with Crippen LogP contribution in [0.15, 0.2) is 18.2 Å². The quantitative estimate of drug-likeness (QED) is 0.750. The first-order valence-corrected chi connectivity index (χ1v) is 5.39. The van der Waals surface area contributed by atoms with Crippen LogP contribution in [0.5, 0.6) is 0 Å². The lowest BCUT2D eigenvalue weighted by Gasteiger charge is -2.22. The minimum atomic E-state index is 0.00178. The molecule has 4 nitrogen and oxygen atoms in total. The number of nitrogens with zero attached hydrogens (tertiary/aromatic N) is 1. The van der Waals surface area contributed by atoms with Gasteiger partial charge in [-0.05, 0) is 37.6 Å². The lowest BCUT2D eigenvalue weighted by atomic mass is 10.2. The van der Waals surface area contributed by atoms with E-state index < -0.39 is 0 Å². The van der Waals surface area contributed by atoms with Gasteiger partial charge in [0.25, 0.3) is 0 Å². The van der Waals surface area contributed by atoms with Crippen LogP contribution < -0.4 is 16.0 Å². The summed E-state index contributed by atoms with van der Waals surface area (Å²) in [5.74, 6) is 0.00178. The molecule has 0 radical (unpaired) electrons. The Bertz CT molecular complexity index is 356. The number of nitrogens with one attached hydrogen (secondary N) is 1. The third-order valence-corrected chi connectivity index (χ3v) is 2.44. The second-order valence-corrected chi connectivity index (χ2v) is 3.79. The molecule has 0 aliphatic carbocycles. The summed E-state index contributed by atoms with van der Waals surface area (Å²) in [6.45, 7) is 5.14. The van der Waals surface area contributed by atoms with Gasteiger partial charge in [-0.15, -0.1) is 0 Å². The number of hydrogen-bond donors (Lipinski definition) is 2. The lowest BCUT2D eigenvalue weighted by Crippen LogP contribution is -2.35. The zero-order valence-electron chi connectivity index (χ0n) is 10.1. The molecule has 0 atom stereocenters. The number of benzene rings is 1. The van der Waals surface area contributed by atoms with Crippen molar-refractivity contribution in [2.24, 2.45) is 0 Å². The van der Waals surface area contributed by atoms with Gasteiger partial charge in [-0.3, -0.25) is 4.79 Å². The van der Waals surface area contributed by atoms with Crippen LogP contribution in [0.2, 0.25) is 0 Å². The van der Waals surface area contributed by atoms with E-state index in [4.69, 9.17) is 5.73 Å². The Kier molecular flexibility index (Phi) is 4.17. The zero-order valence-corrected chi connectivity index (χ0v) is 10.1. The van der Waals surface area contributed by atoms with Crippen molar-refractivity contribution in [2.45, 2.75) is 13.8 Å². The highest BCUT2D eigenvalue weighted by Crippen LogP contribution is 2.19. The molecule has 0 saturated carbocycles. The third kappa shape index (κ3) is 3.15. The van der Waals surface area contributed by atoms with Crippen molar-refractivity contribution in [1.29, 1.82) is 0 Å². The molecule has 0 heterocycles. The van der Waals surface area contributed by atoms with Gasteiger partial charge in [0.1, 0.15) is 0 Å². The van der Waals surface area contributed by atoms with E-state index in [1.807, 2.05) is 36.9 Å². The fourth-order valence-electron chi connectivity index (χ4n) is 1.61. The van der Waals surface area contributed by atoms with Crippen molar-refractivity contribution in [3.05, 3.63) is 23.8 Å². The second kappa shape index (κ2) is 5.39. The van der Waals surface area contributed by atoms with Gasteiger partial charge in [-0.2, -0.15) is 0 Å². The summed E-state index contributed by atoms with van der Waals surface area (Å²) in [6, 6.07) is 5.83. The van der Waals surface area contributed by atoms with Crippen molar-refractivity contribution in [2.75, 3.05) is 30.8 Å². The molecule has 0 aliphatic rings. The summed E-state index contributed by atoms with van der Waals surface area (Å²) < 4.78 is 0. The number of anilines is 2. The smallest absolute Gasteiger partial charge is 0.239 e. The number of nitrogen functional groups attached to an aromatic ring is 1. The van der Waals surface area contributed by atoms with Gasteiger partial charge in [0.05, 0.1) is 6.54 Å². The number of rotatable bonds is 4. The number of amides is 1. The third-order valence-electron chi connectivity index (χ3n) is 2.44. The van der Waals surface area contributed by atoms with E-state index in [-0.39, 0.29) is 5.91 Å². The molecule has 0 bridgehead atoms. The fraction of sp³-hybridized carbons (Fsp3) is 0.417. The Morgan fingerprint density at radius 2 is 2.12 bits per heavy atom. The Balaban J connectivity index is 2.90. The van der Waals surface area contributed by atoms with Crippen LogP contribution in [-0.4, -0.2) is 26.0 Å². The van der Waals surface area contributed by atoms with E-state index >= 15 is 0 Å². The number of likely N-dealkylation sites (N-methyl/N-ethyl adjacent to an activating group) is 2. The summed E-state index contributed by atoms with van der Waals surface area (Å²) in [4.78, 5) is 13.3. The standard InChI is InChI=1S/C12H19N3O/c1-4-15(8-12(16)14-3)11-6-9(2)5-10(13)7-11/h5-7H,4,8,13H2,1-3H3,(H,14,16). The number of carbonyl (C=O) groups excluding carboxylic acids is 1. The van der Waals surface area contributed by atoms with Gasteiger partial charge >= 0.3 is 0 Å². The Morgan fingerprint density at radius 1 is 1.44 bits per heavy atom. The van der Waals surface area contributed by atoms with Crippen molar-refractivity contribution in [3.63, 3.8) is 0 Å². The molecule has 0 aliphatic heterocycles. The highest BCUT2D eigenvalue weighted by molar-refractivity contribution is 5.81. The number of nitrogens with two attached hydrogens (primary N) is 1. The molecule has 0 spiro atoms. The SMILES string of the molecule is CCN(CC(=O)NC)c1cc(C)cc(N)c1.